The Labute approximate surface area is 266 Å². The first-order chi connectivity index (χ1) is 20.7. The second-order valence-corrected chi connectivity index (χ2v) is 14.7. The number of rotatable bonds is 11. The minimum absolute atomic E-state index is 0.240. The van der Waals surface area contributed by atoms with Crippen LogP contribution in [0.1, 0.15) is 71.5 Å². The number of amides is 1. The molecule has 1 aliphatic carbocycles. The van der Waals surface area contributed by atoms with Crippen LogP contribution in [-0.2, 0) is 13.0 Å². The quantitative estimate of drug-likeness (QED) is 0.149. The monoisotopic (exact) mass is 645 g/mol. The Balaban J connectivity index is 1.36. The molecule has 0 bridgehead atoms. The number of carbonyl (C=O) groups is 1. The zero-order valence-electron chi connectivity index (χ0n) is 24.2. The van der Waals surface area contributed by atoms with Gasteiger partial charge in [-0.05, 0) is 91.1 Å². The van der Waals surface area contributed by atoms with Gasteiger partial charge in [0.1, 0.15) is 0 Å². The number of aliphatic hydroxyl groups excluding tert-OH is 1. The molecule has 2 aliphatic rings. The van der Waals surface area contributed by atoms with E-state index in [-0.39, 0.29) is 12.5 Å². The van der Waals surface area contributed by atoms with Gasteiger partial charge in [0.2, 0.25) is 0 Å². The fourth-order valence-electron chi connectivity index (χ4n) is 6.13. The molecule has 2 atom stereocenters. The molecule has 1 heterocycles. The number of anilines is 1. The Bertz CT molecular complexity index is 1370. The number of benzene rings is 3. The number of carbonyl (C=O) groups excluding carboxylic acids is 1. The molecule has 1 aliphatic heterocycles. The lowest BCUT2D eigenvalue weighted by molar-refractivity contribution is 0.0830. The van der Waals surface area contributed by atoms with Gasteiger partial charge >= 0.3 is 0 Å². The summed E-state index contributed by atoms with van der Waals surface area (Å²) in [5.74, 6) is 0.381. The average molecular weight is 647 g/mol. The molecule has 5 rings (SSSR count). The number of aliphatic hydroxyl groups is 1. The van der Waals surface area contributed by atoms with Gasteiger partial charge in [-0.15, -0.1) is 10.8 Å². The van der Waals surface area contributed by atoms with Gasteiger partial charge in [-0.3, -0.25) is 18.2 Å². The van der Waals surface area contributed by atoms with Gasteiger partial charge in [-0.1, -0.05) is 66.4 Å². The third-order valence-electron chi connectivity index (χ3n) is 8.38. The van der Waals surface area contributed by atoms with Crippen molar-refractivity contribution < 1.29 is 19.0 Å². The Morgan fingerprint density at radius 3 is 2.35 bits per heavy atom. The number of hydrogen-bond acceptors (Lipinski definition) is 6. The molecule has 10 heteroatoms. The summed E-state index contributed by atoms with van der Waals surface area (Å²) >= 11 is 12.3. The van der Waals surface area contributed by atoms with E-state index in [4.69, 9.17) is 23.2 Å². The lowest BCUT2D eigenvalue weighted by Crippen LogP contribution is -2.48. The molecule has 2 fully saturated rings. The van der Waals surface area contributed by atoms with Crippen molar-refractivity contribution in [2.75, 3.05) is 23.1 Å². The topological polar surface area (TPSA) is 105 Å². The predicted octanol–water partition coefficient (Wildman–Crippen LogP) is 7.41. The van der Waals surface area contributed by atoms with E-state index < -0.39 is 22.9 Å². The third kappa shape index (κ3) is 8.66. The van der Waals surface area contributed by atoms with Gasteiger partial charge in [0.15, 0.2) is 0 Å². The fourth-order valence-corrected chi connectivity index (χ4v) is 8.38. The van der Waals surface area contributed by atoms with E-state index in [1.807, 2.05) is 54.6 Å². The SMILES string of the molecule is O=C(NC(Cc1ccccc1)C(O)CNCc1cc(Cl)cc(Cl)c1)c1cc(C2CCCC2)cc(N2CCCCS2(O)O)c1. The summed E-state index contributed by atoms with van der Waals surface area (Å²) in [5, 5.41) is 18.8. The second kappa shape index (κ2) is 14.7. The fraction of sp³-hybridized carbons (Fsp3) is 0.424. The smallest absolute Gasteiger partial charge is 0.251 e. The van der Waals surface area contributed by atoms with Crippen molar-refractivity contribution >= 4 is 45.6 Å². The summed E-state index contributed by atoms with van der Waals surface area (Å²) in [6.45, 7) is 1.23. The molecule has 0 radical (unpaired) electrons. The minimum Gasteiger partial charge on any atom is -0.390 e. The molecule has 0 aromatic heterocycles. The molecule has 1 amide bonds. The zero-order valence-corrected chi connectivity index (χ0v) is 26.6. The molecular formula is C33H41Cl2N3O4S. The van der Waals surface area contributed by atoms with Crippen molar-refractivity contribution in [2.24, 2.45) is 0 Å². The zero-order chi connectivity index (χ0) is 30.4. The summed E-state index contributed by atoms with van der Waals surface area (Å²) in [7, 11) is -2.94. The lowest BCUT2D eigenvalue weighted by atomic mass is 9.94. The maximum atomic E-state index is 13.9. The van der Waals surface area contributed by atoms with Crippen molar-refractivity contribution in [3.8, 4) is 0 Å². The standard InChI is InChI=1S/C33H41Cl2N3O4S/c34-28-14-24(15-29(35)20-28)21-36-22-32(39)31(16-23-8-2-1-3-9-23)37-33(40)27-17-26(25-10-4-5-11-25)18-30(19-27)38-12-6-7-13-43(38,41)42/h1-3,8-9,14-15,17-20,25,31-32,36,39,41-42H,4-7,10-13,16,21-22H2,(H,37,40). The Hall–Kier alpha value is -2.30. The van der Waals surface area contributed by atoms with E-state index in [2.05, 4.69) is 10.6 Å². The molecule has 3 aromatic rings. The van der Waals surface area contributed by atoms with Crippen LogP contribution >= 0.6 is 34.0 Å². The molecule has 232 valence electrons. The Morgan fingerprint density at radius 2 is 1.65 bits per heavy atom. The van der Waals surface area contributed by atoms with Crippen LogP contribution in [0, 0.1) is 0 Å². The van der Waals surface area contributed by atoms with E-state index in [1.54, 1.807) is 16.4 Å². The molecule has 1 saturated carbocycles. The van der Waals surface area contributed by atoms with E-state index in [1.165, 1.54) is 0 Å². The number of hydrogen-bond donors (Lipinski definition) is 5. The van der Waals surface area contributed by atoms with Gasteiger partial charge in [0.25, 0.3) is 5.91 Å². The van der Waals surface area contributed by atoms with E-state index >= 15 is 0 Å². The molecule has 0 spiro atoms. The van der Waals surface area contributed by atoms with Crippen LogP contribution < -0.4 is 14.9 Å². The van der Waals surface area contributed by atoms with Gasteiger partial charge in [-0.2, -0.15) is 0 Å². The predicted molar refractivity (Wildman–Crippen MR) is 178 cm³/mol. The summed E-state index contributed by atoms with van der Waals surface area (Å²) in [4.78, 5) is 13.9. The number of halogens is 2. The van der Waals surface area contributed by atoms with Crippen molar-refractivity contribution in [3.63, 3.8) is 0 Å². The highest BCUT2D eigenvalue weighted by molar-refractivity contribution is 8.25. The van der Waals surface area contributed by atoms with Gasteiger partial charge in [0.05, 0.1) is 23.6 Å². The molecule has 5 N–H and O–H groups in total. The average Bonchev–Trinajstić information content (AvgIpc) is 3.52. The number of nitrogens with zero attached hydrogens (tertiary/aromatic N) is 1. The summed E-state index contributed by atoms with van der Waals surface area (Å²) in [6.07, 6.45) is 5.60. The van der Waals surface area contributed by atoms with E-state index in [9.17, 15) is 19.0 Å². The van der Waals surface area contributed by atoms with Crippen LogP contribution in [0.15, 0.2) is 66.7 Å². The molecular weight excluding hydrogens is 605 g/mol. The first-order valence-corrected chi connectivity index (χ1v) is 17.5. The summed E-state index contributed by atoms with van der Waals surface area (Å²) in [6, 6.07) is 20.3. The van der Waals surface area contributed by atoms with Gasteiger partial charge in [0, 0.05) is 35.2 Å². The summed E-state index contributed by atoms with van der Waals surface area (Å²) < 4.78 is 23.4. The maximum absolute atomic E-state index is 13.9. The van der Waals surface area contributed by atoms with Crippen LogP contribution in [0.3, 0.4) is 0 Å². The highest BCUT2D eigenvalue weighted by atomic mass is 35.5. The highest BCUT2D eigenvalue weighted by Gasteiger charge is 2.30. The van der Waals surface area contributed by atoms with Crippen LogP contribution in [0.4, 0.5) is 5.69 Å². The largest absolute Gasteiger partial charge is 0.390 e. The molecule has 1 saturated heterocycles. The molecule has 2 unspecified atom stereocenters. The first kappa shape index (κ1) is 32.1. The third-order valence-corrected chi connectivity index (χ3v) is 10.8. The normalized spacial score (nSPS) is 19.1. The lowest BCUT2D eigenvalue weighted by Gasteiger charge is -2.47. The van der Waals surface area contributed by atoms with Crippen LogP contribution in [-0.4, -0.2) is 51.1 Å². The summed E-state index contributed by atoms with van der Waals surface area (Å²) in [5.41, 5.74) is 4.09. The van der Waals surface area contributed by atoms with Crippen molar-refractivity contribution in [2.45, 2.75) is 69.6 Å². The first-order valence-electron chi connectivity index (χ1n) is 15.0. The minimum atomic E-state index is -2.94. The Kier molecular flexibility index (Phi) is 10.9. The van der Waals surface area contributed by atoms with E-state index in [0.29, 0.717) is 52.5 Å². The van der Waals surface area contributed by atoms with Crippen LogP contribution in [0.25, 0.3) is 0 Å². The van der Waals surface area contributed by atoms with Crippen LogP contribution in [0.5, 0.6) is 0 Å². The van der Waals surface area contributed by atoms with Crippen molar-refractivity contribution in [3.05, 3.63) is 99.0 Å². The second-order valence-electron chi connectivity index (χ2n) is 11.7. The number of nitrogens with one attached hydrogen (secondary N) is 2. The molecule has 3 aromatic carbocycles. The highest BCUT2D eigenvalue weighted by Crippen LogP contribution is 2.50. The van der Waals surface area contributed by atoms with Gasteiger partial charge in [-0.25, -0.2) is 0 Å². The molecule has 43 heavy (non-hydrogen) atoms. The van der Waals surface area contributed by atoms with Crippen molar-refractivity contribution in [1.82, 2.24) is 10.6 Å². The van der Waals surface area contributed by atoms with Crippen molar-refractivity contribution in [1.29, 1.82) is 0 Å². The molecule has 7 nitrogen and oxygen atoms in total. The Morgan fingerprint density at radius 1 is 0.930 bits per heavy atom. The van der Waals surface area contributed by atoms with Gasteiger partial charge < -0.3 is 15.7 Å². The van der Waals surface area contributed by atoms with Crippen LogP contribution in [0.2, 0.25) is 10.0 Å². The van der Waals surface area contributed by atoms with E-state index in [0.717, 1.165) is 55.2 Å². The maximum Gasteiger partial charge on any atom is 0.251 e.